The molecule has 0 bridgehead atoms. The zero-order valence-electron chi connectivity index (χ0n) is 15.0. The molecular formula is C19H21ClN2O4S. The van der Waals surface area contributed by atoms with Crippen molar-refractivity contribution in [1.29, 1.82) is 0 Å². The van der Waals surface area contributed by atoms with Crippen LogP contribution in [0.1, 0.15) is 5.56 Å². The molecule has 1 aliphatic heterocycles. The first-order valence-electron chi connectivity index (χ1n) is 8.56. The SMILES string of the molecule is COc1ccc(CC(=O)N2CCN(S(=O)(=O)c3ccc(Cl)cc3)CC2)cc1. The van der Waals surface area contributed by atoms with Gasteiger partial charge in [-0.2, -0.15) is 4.31 Å². The van der Waals surface area contributed by atoms with E-state index < -0.39 is 10.0 Å². The van der Waals surface area contributed by atoms with E-state index in [0.717, 1.165) is 11.3 Å². The monoisotopic (exact) mass is 408 g/mol. The molecule has 0 unspecified atom stereocenters. The summed E-state index contributed by atoms with van der Waals surface area (Å²) in [6.07, 6.45) is 0.286. The largest absolute Gasteiger partial charge is 0.497 e. The molecule has 1 amide bonds. The quantitative estimate of drug-likeness (QED) is 0.762. The lowest BCUT2D eigenvalue weighted by atomic mass is 10.1. The Morgan fingerprint density at radius 3 is 2.15 bits per heavy atom. The van der Waals surface area contributed by atoms with Gasteiger partial charge < -0.3 is 9.64 Å². The van der Waals surface area contributed by atoms with Crippen molar-refractivity contribution in [2.45, 2.75) is 11.3 Å². The Bertz CT molecular complexity index is 890. The topological polar surface area (TPSA) is 66.9 Å². The van der Waals surface area contributed by atoms with Gasteiger partial charge in [-0.1, -0.05) is 23.7 Å². The fourth-order valence-electron chi connectivity index (χ4n) is 2.96. The number of amides is 1. The number of nitrogens with zero attached hydrogens (tertiary/aromatic N) is 2. The van der Waals surface area contributed by atoms with Crippen molar-refractivity contribution in [3.8, 4) is 5.75 Å². The molecular weight excluding hydrogens is 388 g/mol. The molecule has 1 saturated heterocycles. The van der Waals surface area contributed by atoms with Crippen LogP contribution in [0, 0.1) is 0 Å². The van der Waals surface area contributed by atoms with E-state index in [0.29, 0.717) is 18.1 Å². The summed E-state index contributed by atoms with van der Waals surface area (Å²) < 4.78 is 31.9. The molecule has 6 nitrogen and oxygen atoms in total. The van der Waals surface area contributed by atoms with Crippen LogP contribution in [0.5, 0.6) is 5.75 Å². The molecule has 8 heteroatoms. The van der Waals surface area contributed by atoms with Crippen LogP contribution in [0.25, 0.3) is 0 Å². The van der Waals surface area contributed by atoms with Crippen LogP contribution >= 0.6 is 11.6 Å². The number of benzene rings is 2. The molecule has 144 valence electrons. The number of carbonyl (C=O) groups excluding carboxylic acids is 1. The van der Waals surface area contributed by atoms with Crippen LogP contribution in [0.4, 0.5) is 0 Å². The molecule has 0 N–H and O–H groups in total. The summed E-state index contributed by atoms with van der Waals surface area (Å²) in [7, 11) is -1.98. The molecule has 2 aromatic carbocycles. The van der Waals surface area contributed by atoms with Crippen LogP contribution in [0.15, 0.2) is 53.4 Å². The van der Waals surface area contributed by atoms with Gasteiger partial charge in [-0.25, -0.2) is 8.42 Å². The van der Waals surface area contributed by atoms with Gasteiger partial charge in [-0.05, 0) is 42.0 Å². The van der Waals surface area contributed by atoms with Gasteiger partial charge in [0.05, 0.1) is 18.4 Å². The Hall–Kier alpha value is -2.09. The number of ether oxygens (including phenoxy) is 1. The van der Waals surface area contributed by atoms with Crippen molar-refractivity contribution in [2.24, 2.45) is 0 Å². The number of rotatable bonds is 5. The highest BCUT2D eigenvalue weighted by Gasteiger charge is 2.30. The lowest BCUT2D eigenvalue weighted by molar-refractivity contribution is -0.131. The lowest BCUT2D eigenvalue weighted by Crippen LogP contribution is -2.50. The van der Waals surface area contributed by atoms with Gasteiger partial charge in [0.15, 0.2) is 0 Å². The van der Waals surface area contributed by atoms with E-state index in [1.54, 1.807) is 24.1 Å². The highest BCUT2D eigenvalue weighted by atomic mass is 35.5. The molecule has 0 aliphatic carbocycles. The number of piperazine rings is 1. The zero-order chi connectivity index (χ0) is 19.4. The summed E-state index contributed by atoms with van der Waals surface area (Å²) in [6.45, 7) is 1.31. The van der Waals surface area contributed by atoms with Crippen molar-refractivity contribution in [2.75, 3.05) is 33.3 Å². The lowest BCUT2D eigenvalue weighted by Gasteiger charge is -2.34. The molecule has 0 saturated carbocycles. The Morgan fingerprint density at radius 1 is 1.00 bits per heavy atom. The Kier molecular flexibility index (Phi) is 6.04. The zero-order valence-corrected chi connectivity index (χ0v) is 16.5. The van der Waals surface area contributed by atoms with Crippen LogP contribution < -0.4 is 4.74 Å². The minimum absolute atomic E-state index is 0.0105. The van der Waals surface area contributed by atoms with Crippen LogP contribution in [0.3, 0.4) is 0 Å². The van der Waals surface area contributed by atoms with E-state index in [-0.39, 0.29) is 30.3 Å². The Balaban J connectivity index is 1.59. The van der Waals surface area contributed by atoms with Gasteiger partial charge in [0, 0.05) is 31.2 Å². The van der Waals surface area contributed by atoms with Gasteiger partial charge in [0.1, 0.15) is 5.75 Å². The molecule has 2 aromatic rings. The van der Waals surface area contributed by atoms with Crippen LogP contribution in [-0.2, 0) is 21.2 Å². The van der Waals surface area contributed by atoms with Crippen molar-refractivity contribution < 1.29 is 17.9 Å². The summed E-state index contributed by atoms with van der Waals surface area (Å²) in [6, 6.07) is 13.5. The number of hydrogen-bond acceptors (Lipinski definition) is 4. The third-order valence-electron chi connectivity index (χ3n) is 4.56. The standard InChI is InChI=1S/C19H21ClN2O4S/c1-26-17-6-2-15(3-7-17)14-19(23)21-10-12-22(13-11-21)27(24,25)18-8-4-16(20)5-9-18/h2-9H,10-14H2,1H3. The van der Waals surface area contributed by atoms with Gasteiger partial charge in [0.2, 0.25) is 15.9 Å². The number of methoxy groups -OCH3 is 1. The second-order valence-corrected chi connectivity index (χ2v) is 8.64. The number of carbonyl (C=O) groups is 1. The van der Waals surface area contributed by atoms with E-state index in [1.165, 1.54) is 16.4 Å². The number of hydrogen-bond donors (Lipinski definition) is 0. The first kappa shape index (κ1) is 19.7. The van der Waals surface area contributed by atoms with Crippen LogP contribution in [-0.4, -0.2) is 56.8 Å². The molecule has 1 fully saturated rings. The highest BCUT2D eigenvalue weighted by molar-refractivity contribution is 7.89. The minimum Gasteiger partial charge on any atom is -0.497 e. The highest BCUT2D eigenvalue weighted by Crippen LogP contribution is 2.20. The molecule has 3 rings (SSSR count). The van der Waals surface area contributed by atoms with Crippen molar-refractivity contribution >= 4 is 27.5 Å². The molecule has 1 heterocycles. The van der Waals surface area contributed by atoms with Gasteiger partial charge in [-0.15, -0.1) is 0 Å². The maximum absolute atomic E-state index is 12.7. The third-order valence-corrected chi connectivity index (χ3v) is 6.72. The van der Waals surface area contributed by atoms with Gasteiger partial charge >= 0.3 is 0 Å². The fraction of sp³-hybridized carbons (Fsp3) is 0.316. The molecule has 1 aliphatic rings. The normalized spacial score (nSPS) is 15.6. The Labute approximate surface area is 164 Å². The van der Waals surface area contributed by atoms with Crippen molar-refractivity contribution in [3.05, 3.63) is 59.1 Å². The average Bonchev–Trinajstić information content (AvgIpc) is 2.69. The summed E-state index contributed by atoms with van der Waals surface area (Å²) in [5, 5.41) is 0.489. The number of sulfonamides is 1. The van der Waals surface area contributed by atoms with E-state index in [2.05, 4.69) is 0 Å². The summed E-state index contributed by atoms with van der Waals surface area (Å²) in [4.78, 5) is 14.4. The maximum atomic E-state index is 12.7. The fourth-order valence-corrected chi connectivity index (χ4v) is 4.51. The average molecular weight is 409 g/mol. The first-order valence-corrected chi connectivity index (χ1v) is 10.4. The summed E-state index contributed by atoms with van der Waals surface area (Å²) in [5.74, 6) is 0.732. The van der Waals surface area contributed by atoms with Crippen LogP contribution in [0.2, 0.25) is 5.02 Å². The van der Waals surface area contributed by atoms with Crippen molar-refractivity contribution in [3.63, 3.8) is 0 Å². The smallest absolute Gasteiger partial charge is 0.243 e. The summed E-state index contributed by atoms with van der Waals surface area (Å²) >= 11 is 5.83. The minimum atomic E-state index is -3.57. The van der Waals surface area contributed by atoms with E-state index in [1.807, 2.05) is 24.3 Å². The predicted molar refractivity (Wildman–Crippen MR) is 103 cm³/mol. The Morgan fingerprint density at radius 2 is 1.59 bits per heavy atom. The molecule has 0 spiro atoms. The predicted octanol–water partition coefficient (Wildman–Crippen LogP) is 2.42. The summed E-state index contributed by atoms with van der Waals surface area (Å²) in [5.41, 5.74) is 0.900. The molecule has 27 heavy (non-hydrogen) atoms. The maximum Gasteiger partial charge on any atom is 0.243 e. The van der Waals surface area contributed by atoms with E-state index in [9.17, 15) is 13.2 Å². The van der Waals surface area contributed by atoms with Gasteiger partial charge in [-0.3, -0.25) is 4.79 Å². The second-order valence-electron chi connectivity index (χ2n) is 6.26. The molecule has 0 atom stereocenters. The van der Waals surface area contributed by atoms with Gasteiger partial charge in [0.25, 0.3) is 0 Å². The molecule has 0 aromatic heterocycles. The van der Waals surface area contributed by atoms with E-state index in [4.69, 9.17) is 16.3 Å². The molecule has 0 radical (unpaired) electrons. The van der Waals surface area contributed by atoms with E-state index >= 15 is 0 Å². The number of halogens is 1. The van der Waals surface area contributed by atoms with Crippen molar-refractivity contribution in [1.82, 2.24) is 9.21 Å². The third kappa shape index (κ3) is 4.61. The first-order chi connectivity index (χ1) is 12.9. The second kappa shape index (κ2) is 8.29.